The Morgan fingerprint density at radius 2 is 0.765 bits per heavy atom. The fourth-order valence-electron chi connectivity index (χ4n) is 5.13. The number of nitrogens with zero attached hydrogens (tertiary/aromatic N) is 1. The van der Waals surface area contributed by atoms with Gasteiger partial charge < -0.3 is 4.57 Å². The van der Waals surface area contributed by atoms with Crippen molar-refractivity contribution in [1.29, 1.82) is 0 Å². The molecule has 0 saturated heterocycles. The summed E-state index contributed by atoms with van der Waals surface area (Å²) in [6, 6.07) is 55.3. The third kappa shape index (κ3) is 3.98. The molecule has 0 aromatic heterocycles. The number of anilines is 1. The van der Waals surface area contributed by atoms with Crippen LogP contribution in [0.4, 0.5) is 5.69 Å². The Kier molecular flexibility index (Phi) is 6.41. The Morgan fingerprint density at radius 1 is 0.441 bits per heavy atom. The maximum atomic E-state index is 2.72. The van der Waals surface area contributed by atoms with Crippen molar-refractivity contribution in [2.75, 3.05) is 4.57 Å². The van der Waals surface area contributed by atoms with Gasteiger partial charge in [-0.25, -0.2) is 0 Å². The quantitative estimate of drug-likeness (QED) is 0.217. The van der Waals surface area contributed by atoms with Gasteiger partial charge in [-0.3, -0.25) is 0 Å². The van der Waals surface area contributed by atoms with Gasteiger partial charge in [0.1, 0.15) is 0 Å². The first-order valence-electron chi connectivity index (χ1n) is 11.9. The van der Waals surface area contributed by atoms with Crippen molar-refractivity contribution < 1.29 is 0 Å². The lowest BCUT2D eigenvalue weighted by Crippen LogP contribution is -2.78. The number of benzene rings is 5. The van der Waals surface area contributed by atoms with Crippen LogP contribution < -0.4 is 20.1 Å². The molecule has 0 aliphatic rings. The Hall–Kier alpha value is -3.88. The molecule has 0 spiro atoms. The average Bonchev–Trinajstić information content (AvgIpc) is 2.94. The minimum absolute atomic E-state index is 0.163. The second-order valence-electron chi connectivity index (χ2n) is 8.60. The fourth-order valence-corrected chi connectivity index (χ4v) is 10.3. The smallest absolute Gasteiger partial charge is 0.253 e. The van der Waals surface area contributed by atoms with E-state index in [4.69, 9.17) is 0 Å². The molecule has 1 nitrogen and oxygen atoms in total. The predicted molar refractivity (Wildman–Crippen MR) is 148 cm³/mol. The van der Waals surface area contributed by atoms with Crippen LogP contribution in [-0.4, -0.2) is 8.24 Å². The number of hydrogen-bond donors (Lipinski definition) is 0. The van der Waals surface area contributed by atoms with Crippen molar-refractivity contribution >= 4 is 29.5 Å². The molecule has 5 aromatic carbocycles. The third-order valence-corrected chi connectivity index (χ3v) is 11.5. The molecule has 2 heteroatoms. The van der Waals surface area contributed by atoms with Gasteiger partial charge in [0.05, 0.1) is 0 Å². The van der Waals surface area contributed by atoms with Crippen LogP contribution in [0.5, 0.6) is 0 Å². The standard InChI is InChI=1S/C32H29NSi/c1-27(28-17-7-2-8-18-28)33(29-19-9-3-10-20-29)34(30-21-11-4-12-22-30,31-23-13-5-14-24-31)32-25-15-6-16-26-32/h2-27H,1H3/t27-/m0/s1. The van der Waals surface area contributed by atoms with E-state index >= 15 is 0 Å². The van der Waals surface area contributed by atoms with Crippen LogP contribution in [-0.2, 0) is 0 Å². The first-order chi connectivity index (χ1) is 16.8. The van der Waals surface area contributed by atoms with Crippen LogP contribution in [0.3, 0.4) is 0 Å². The Morgan fingerprint density at radius 3 is 1.15 bits per heavy atom. The molecule has 0 aliphatic carbocycles. The molecule has 0 heterocycles. The van der Waals surface area contributed by atoms with E-state index in [9.17, 15) is 0 Å². The van der Waals surface area contributed by atoms with E-state index < -0.39 is 8.24 Å². The van der Waals surface area contributed by atoms with E-state index in [0.717, 1.165) is 0 Å². The highest BCUT2D eigenvalue weighted by molar-refractivity contribution is 7.13. The molecule has 0 N–H and O–H groups in total. The van der Waals surface area contributed by atoms with Gasteiger partial charge in [0.15, 0.2) is 0 Å². The molecule has 34 heavy (non-hydrogen) atoms. The first kappa shape index (κ1) is 21.9. The van der Waals surface area contributed by atoms with Crippen LogP contribution in [0.1, 0.15) is 18.5 Å². The van der Waals surface area contributed by atoms with Gasteiger partial charge in [-0.1, -0.05) is 140 Å². The molecule has 0 radical (unpaired) electrons. The Labute approximate surface area is 204 Å². The van der Waals surface area contributed by atoms with Crippen LogP contribution in [0, 0.1) is 0 Å². The number of rotatable bonds is 7. The molecule has 0 bridgehead atoms. The van der Waals surface area contributed by atoms with Gasteiger partial charge in [0, 0.05) is 11.7 Å². The highest BCUT2D eigenvalue weighted by Crippen LogP contribution is 2.32. The van der Waals surface area contributed by atoms with E-state index in [2.05, 4.69) is 163 Å². The first-order valence-corrected chi connectivity index (χ1v) is 13.8. The molecule has 5 aromatic rings. The van der Waals surface area contributed by atoms with E-state index in [1.165, 1.54) is 26.8 Å². The molecule has 0 saturated carbocycles. The summed E-state index contributed by atoms with van der Waals surface area (Å²) in [6.45, 7) is 2.35. The maximum Gasteiger partial charge on any atom is 0.253 e. The summed E-state index contributed by atoms with van der Waals surface area (Å²) < 4.78 is 2.72. The average molecular weight is 456 g/mol. The summed E-state index contributed by atoms with van der Waals surface area (Å²) in [7, 11) is -2.71. The molecule has 0 amide bonds. The van der Waals surface area contributed by atoms with Crippen molar-refractivity contribution in [3.63, 3.8) is 0 Å². The van der Waals surface area contributed by atoms with Gasteiger partial charge in [-0.2, -0.15) is 0 Å². The van der Waals surface area contributed by atoms with Crippen molar-refractivity contribution in [2.24, 2.45) is 0 Å². The second-order valence-corrected chi connectivity index (χ2v) is 12.2. The zero-order valence-corrected chi connectivity index (χ0v) is 20.5. The van der Waals surface area contributed by atoms with Crippen LogP contribution in [0.15, 0.2) is 152 Å². The second kappa shape index (κ2) is 9.94. The molecule has 0 aliphatic heterocycles. The minimum atomic E-state index is -2.71. The highest BCUT2D eigenvalue weighted by Gasteiger charge is 2.48. The SMILES string of the molecule is C[C@@H](c1ccccc1)N(c1ccccc1)[Si](c1ccccc1)(c1ccccc1)c1ccccc1. The van der Waals surface area contributed by atoms with Gasteiger partial charge >= 0.3 is 0 Å². The normalized spacial score (nSPS) is 12.1. The maximum absolute atomic E-state index is 2.72. The van der Waals surface area contributed by atoms with E-state index in [0.29, 0.717) is 0 Å². The summed E-state index contributed by atoms with van der Waals surface area (Å²) in [5.41, 5.74) is 2.55. The molecule has 166 valence electrons. The summed E-state index contributed by atoms with van der Waals surface area (Å²) in [5.74, 6) is 0. The summed E-state index contributed by atoms with van der Waals surface area (Å²) in [4.78, 5) is 0. The minimum Gasteiger partial charge on any atom is -0.380 e. The molecule has 5 rings (SSSR count). The topological polar surface area (TPSA) is 3.24 Å². The van der Waals surface area contributed by atoms with Crippen LogP contribution in [0.2, 0.25) is 0 Å². The lowest BCUT2D eigenvalue weighted by Gasteiger charge is -2.48. The largest absolute Gasteiger partial charge is 0.380 e. The van der Waals surface area contributed by atoms with Crippen LogP contribution in [0.25, 0.3) is 0 Å². The summed E-state index contributed by atoms with van der Waals surface area (Å²) in [5, 5.41) is 4.12. The van der Waals surface area contributed by atoms with Crippen molar-refractivity contribution in [3.05, 3.63) is 157 Å². The summed E-state index contributed by atoms with van der Waals surface area (Å²) in [6.07, 6.45) is 0. The van der Waals surface area contributed by atoms with Gasteiger partial charge in [0.2, 0.25) is 0 Å². The molecule has 1 atom stereocenters. The van der Waals surface area contributed by atoms with Crippen LogP contribution >= 0.6 is 0 Å². The van der Waals surface area contributed by atoms with Gasteiger partial charge in [0.25, 0.3) is 8.24 Å². The highest BCUT2D eigenvalue weighted by atomic mass is 28.3. The summed E-state index contributed by atoms with van der Waals surface area (Å²) >= 11 is 0. The van der Waals surface area contributed by atoms with E-state index in [-0.39, 0.29) is 6.04 Å². The number of para-hydroxylation sites is 1. The van der Waals surface area contributed by atoms with Gasteiger partial charge in [-0.05, 0) is 40.2 Å². The third-order valence-electron chi connectivity index (χ3n) is 6.64. The molecular formula is C32H29NSi. The van der Waals surface area contributed by atoms with Gasteiger partial charge in [-0.15, -0.1) is 0 Å². The van der Waals surface area contributed by atoms with Crippen molar-refractivity contribution in [3.8, 4) is 0 Å². The fraction of sp³-hybridized carbons (Fsp3) is 0.0625. The lowest BCUT2D eigenvalue weighted by molar-refractivity contribution is 0.800. The Bertz CT molecular complexity index is 1190. The van der Waals surface area contributed by atoms with E-state index in [1.54, 1.807) is 0 Å². The lowest BCUT2D eigenvalue weighted by atomic mass is 10.1. The van der Waals surface area contributed by atoms with E-state index in [1.807, 2.05) is 0 Å². The molecular weight excluding hydrogens is 426 g/mol. The molecule has 0 unspecified atom stereocenters. The number of hydrogen-bond acceptors (Lipinski definition) is 1. The van der Waals surface area contributed by atoms with Crippen molar-refractivity contribution in [2.45, 2.75) is 13.0 Å². The predicted octanol–water partition coefficient (Wildman–Crippen LogP) is 5.92. The Balaban J connectivity index is 1.90. The zero-order valence-electron chi connectivity index (χ0n) is 19.5. The van der Waals surface area contributed by atoms with Crippen molar-refractivity contribution in [1.82, 2.24) is 0 Å². The molecule has 0 fully saturated rings. The zero-order chi connectivity index (χ0) is 23.2. The monoisotopic (exact) mass is 455 g/mol.